The molecule has 4 rings (SSSR count). The van der Waals surface area contributed by atoms with Gasteiger partial charge in [0.15, 0.2) is 0 Å². The van der Waals surface area contributed by atoms with E-state index in [1.165, 1.54) is 28.4 Å². The van der Waals surface area contributed by atoms with Crippen molar-refractivity contribution in [1.29, 1.82) is 0 Å². The molecule has 1 aromatic carbocycles. The van der Waals surface area contributed by atoms with Crippen molar-refractivity contribution >= 4 is 27.8 Å². The number of hydrogen-bond acceptors (Lipinski definition) is 9. The van der Waals surface area contributed by atoms with E-state index in [9.17, 15) is 19.5 Å². The Morgan fingerprint density at radius 2 is 2.00 bits per heavy atom. The second kappa shape index (κ2) is 12.3. The number of aryl methyl sites for hydroxylation is 1. The highest BCUT2D eigenvalue weighted by Gasteiger charge is 2.31. The number of aldehydes is 1. The number of carbonyl (C=O) groups is 1. The average Bonchev–Trinajstić information content (AvgIpc) is 3.58. The number of nitrogens with zero attached hydrogens (tertiary/aromatic N) is 3. The zero-order valence-corrected chi connectivity index (χ0v) is 24.2. The Morgan fingerprint density at radius 1 is 1.25 bits per heavy atom. The Kier molecular flexibility index (Phi) is 9.07. The number of aliphatic hydroxyl groups excluding tert-OH is 1. The maximum absolute atomic E-state index is 14.1. The summed E-state index contributed by atoms with van der Waals surface area (Å²) in [4.78, 5) is 44.7. The number of aliphatic hydroxyl groups is 1. The van der Waals surface area contributed by atoms with Crippen molar-refractivity contribution in [3.8, 4) is 16.5 Å². The first-order valence-electron chi connectivity index (χ1n) is 13.2. The van der Waals surface area contributed by atoms with E-state index in [-0.39, 0.29) is 19.1 Å². The minimum Gasteiger partial charge on any atom is -0.496 e. The molecular weight excluding hydrogens is 534 g/mol. The third-order valence-electron chi connectivity index (χ3n) is 6.99. The van der Waals surface area contributed by atoms with E-state index in [0.29, 0.717) is 44.3 Å². The number of ether oxygens (including phenoxy) is 2. The van der Waals surface area contributed by atoms with Crippen LogP contribution < -0.4 is 16.0 Å². The zero-order valence-electron chi connectivity index (χ0n) is 23.4. The molecule has 40 heavy (non-hydrogen) atoms. The lowest BCUT2D eigenvalue weighted by Crippen LogP contribution is -2.51. The van der Waals surface area contributed by atoms with Crippen LogP contribution in [-0.2, 0) is 21.6 Å². The molecule has 3 heterocycles. The highest BCUT2D eigenvalue weighted by molar-refractivity contribution is 7.22. The van der Waals surface area contributed by atoms with Gasteiger partial charge in [0.05, 0.1) is 48.4 Å². The van der Waals surface area contributed by atoms with Crippen LogP contribution in [0.4, 0.5) is 0 Å². The number of fused-ring (bicyclic) bond motifs is 1. The van der Waals surface area contributed by atoms with E-state index < -0.39 is 29.5 Å². The van der Waals surface area contributed by atoms with Crippen molar-refractivity contribution in [2.24, 2.45) is 0 Å². The molecule has 1 unspecified atom stereocenters. The predicted octanol–water partition coefficient (Wildman–Crippen LogP) is 4.44. The van der Waals surface area contributed by atoms with Crippen molar-refractivity contribution in [1.82, 2.24) is 14.1 Å². The molecule has 0 saturated heterocycles. The number of rotatable bonds is 13. The first-order valence-corrected chi connectivity index (χ1v) is 14.0. The number of carbonyl (C=O) groups excluding carboxylic acids is 1. The summed E-state index contributed by atoms with van der Waals surface area (Å²) in [7, 11) is 1.56. The van der Waals surface area contributed by atoms with Crippen molar-refractivity contribution in [2.75, 3.05) is 13.7 Å². The number of aromatic nitrogens is 3. The van der Waals surface area contributed by atoms with Crippen LogP contribution in [0, 0.1) is 6.92 Å². The maximum atomic E-state index is 14.1. The molecule has 3 aromatic heterocycles. The van der Waals surface area contributed by atoms with Gasteiger partial charge < -0.3 is 23.8 Å². The van der Waals surface area contributed by atoms with E-state index in [1.807, 2.05) is 31.2 Å². The molecule has 11 heteroatoms. The van der Waals surface area contributed by atoms with Gasteiger partial charge in [-0.05, 0) is 38.8 Å². The molecule has 0 radical (unpaired) electrons. The fourth-order valence-corrected chi connectivity index (χ4v) is 6.11. The Morgan fingerprint density at radius 3 is 2.62 bits per heavy atom. The molecule has 0 aliphatic rings. The van der Waals surface area contributed by atoms with E-state index in [0.717, 1.165) is 17.3 Å². The fraction of sp³-hybridized carbons (Fsp3) is 0.448. The largest absolute Gasteiger partial charge is 0.496 e. The van der Waals surface area contributed by atoms with E-state index in [1.54, 1.807) is 27.9 Å². The number of thiophene rings is 1. The zero-order chi connectivity index (χ0) is 29.0. The van der Waals surface area contributed by atoms with Crippen LogP contribution in [0.15, 0.2) is 50.7 Å². The molecule has 4 aromatic rings. The molecule has 0 amide bonds. The minimum absolute atomic E-state index is 0.0293. The monoisotopic (exact) mass is 569 g/mol. The topological polar surface area (TPSA) is 126 Å². The van der Waals surface area contributed by atoms with Gasteiger partial charge in [-0.2, -0.15) is 0 Å². The van der Waals surface area contributed by atoms with Crippen LogP contribution in [0.1, 0.15) is 57.3 Å². The SMILES string of the molecule is CCCC(CC=O)O[C@@H](Cn1c(=O)n(C(C)(C)CO)c(=O)c2c(C)c(-c3ncco3)sc21)c1ccccc1OC. The molecule has 214 valence electrons. The maximum Gasteiger partial charge on any atom is 0.332 e. The number of oxazole rings is 1. The van der Waals surface area contributed by atoms with Crippen molar-refractivity contribution in [2.45, 2.75) is 71.2 Å². The molecule has 0 aliphatic carbocycles. The molecule has 0 aliphatic heterocycles. The predicted molar refractivity (Wildman–Crippen MR) is 153 cm³/mol. The lowest BCUT2D eigenvalue weighted by Gasteiger charge is -2.28. The number of hydrogen-bond donors (Lipinski definition) is 1. The van der Waals surface area contributed by atoms with Crippen molar-refractivity contribution in [3.63, 3.8) is 0 Å². The molecule has 0 saturated carbocycles. The summed E-state index contributed by atoms with van der Waals surface area (Å²) < 4.78 is 20.3. The van der Waals surface area contributed by atoms with Gasteiger partial charge in [0.1, 0.15) is 29.2 Å². The molecule has 1 N–H and O–H groups in total. The summed E-state index contributed by atoms with van der Waals surface area (Å²) in [5.41, 5.74) is -0.922. The fourth-order valence-electron chi connectivity index (χ4n) is 4.87. The van der Waals surface area contributed by atoms with Gasteiger partial charge in [0.25, 0.3) is 5.56 Å². The smallest absolute Gasteiger partial charge is 0.332 e. The van der Waals surface area contributed by atoms with Gasteiger partial charge in [-0.25, -0.2) is 9.78 Å². The average molecular weight is 570 g/mol. The summed E-state index contributed by atoms with van der Waals surface area (Å²) in [6.07, 6.45) is 4.39. The standard InChI is InChI=1S/C29H35N3O7S/c1-6-9-19(12-14-33)39-22(20-10-7-8-11-21(20)37-5)16-31-27-23(18(2)24(40-27)25-30-13-15-38-25)26(35)32(28(31)36)29(3,4)17-34/h7-8,10-11,13-15,19,22,34H,6,9,12,16-17H2,1-5H3/t19?,22-/m0/s1. The van der Waals surface area contributed by atoms with Crippen molar-refractivity contribution < 1.29 is 23.8 Å². The van der Waals surface area contributed by atoms with Gasteiger partial charge in [0.2, 0.25) is 5.89 Å². The van der Waals surface area contributed by atoms with E-state index in [2.05, 4.69) is 4.98 Å². The molecule has 10 nitrogen and oxygen atoms in total. The first-order chi connectivity index (χ1) is 19.2. The van der Waals surface area contributed by atoms with E-state index in [4.69, 9.17) is 13.9 Å². The quantitative estimate of drug-likeness (QED) is 0.234. The van der Waals surface area contributed by atoms with Gasteiger partial charge >= 0.3 is 5.69 Å². The molecule has 0 spiro atoms. The first kappa shape index (κ1) is 29.4. The van der Waals surface area contributed by atoms with Gasteiger partial charge in [0, 0.05) is 12.0 Å². The highest BCUT2D eigenvalue weighted by atomic mass is 32.1. The van der Waals surface area contributed by atoms with Crippen LogP contribution in [0.2, 0.25) is 0 Å². The Labute approximate surface area is 235 Å². The number of methoxy groups -OCH3 is 1. The third kappa shape index (κ3) is 5.54. The summed E-state index contributed by atoms with van der Waals surface area (Å²) in [6, 6.07) is 7.37. The highest BCUT2D eigenvalue weighted by Crippen LogP contribution is 2.37. The van der Waals surface area contributed by atoms with E-state index >= 15 is 0 Å². The Balaban J connectivity index is 2.00. The summed E-state index contributed by atoms with van der Waals surface area (Å²) in [6.45, 7) is 6.69. The molecule has 2 atom stereocenters. The normalized spacial score (nSPS) is 13.4. The van der Waals surface area contributed by atoms with Crippen molar-refractivity contribution in [3.05, 3.63) is 68.7 Å². The number of benzene rings is 1. The third-order valence-corrected chi connectivity index (χ3v) is 8.29. The second-order valence-corrected chi connectivity index (χ2v) is 11.3. The summed E-state index contributed by atoms with van der Waals surface area (Å²) in [5, 5.41) is 10.5. The van der Waals surface area contributed by atoms with Crippen LogP contribution >= 0.6 is 11.3 Å². The Hall–Kier alpha value is -3.54. The van der Waals surface area contributed by atoms with Gasteiger partial charge in [-0.15, -0.1) is 11.3 Å². The summed E-state index contributed by atoms with van der Waals surface area (Å²) in [5.74, 6) is 0.918. The minimum atomic E-state index is -1.18. The lowest BCUT2D eigenvalue weighted by atomic mass is 10.1. The lowest BCUT2D eigenvalue weighted by molar-refractivity contribution is -0.112. The Bertz CT molecular complexity index is 1580. The van der Waals surface area contributed by atoms with Crippen LogP contribution in [0.25, 0.3) is 21.0 Å². The summed E-state index contributed by atoms with van der Waals surface area (Å²) >= 11 is 1.24. The van der Waals surface area contributed by atoms with Crippen LogP contribution in [-0.4, -0.2) is 45.3 Å². The molecule has 0 bridgehead atoms. The van der Waals surface area contributed by atoms with Gasteiger partial charge in [-0.3, -0.25) is 13.9 Å². The van der Waals surface area contributed by atoms with Crippen LogP contribution in [0.5, 0.6) is 5.75 Å². The molecular formula is C29H35N3O7S. The van der Waals surface area contributed by atoms with Crippen LogP contribution in [0.3, 0.4) is 0 Å². The molecule has 0 fully saturated rings. The second-order valence-electron chi connectivity index (χ2n) is 10.3. The van der Waals surface area contributed by atoms with Gasteiger partial charge in [-0.1, -0.05) is 31.5 Å². The number of para-hydroxylation sites is 1.